The number of hydrogen-bond donors (Lipinski definition) is 1. The van der Waals surface area contributed by atoms with E-state index in [2.05, 4.69) is 6.92 Å². The summed E-state index contributed by atoms with van der Waals surface area (Å²) in [5.41, 5.74) is 2.19. The number of hydrogen-bond acceptors (Lipinski definition) is 6. The molecule has 1 atom stereocenters. The van der Waals surface area contributed by atoms with Crippen LogP contribution in [0.25, 0.3) is 5.76 Å². The number of likely N-dealkylation sites (tertiary alicyclic amines) is 1. The second-order valence-electron chi connectivity index (χ2n) is 9.71. The Balaban J connectivity index is 1.53. The van der Waals surface area contributed by atoms with Gasteiger partial charge >= 0.3 is 0 Å². The molecule has 39 heavy (non-hydrogen) atoms. The molecule has 1 fully saturated rings. The van der Waals surface area contributed by atoms with Crippen molar-refractivity contribution in [1.82, 2.24) is 4.90 Å². The molecule has 1 saturated heterocycles. The van der Waals surface area contributed by atoms with Crippen molar-refractivity contribution >= 4 is 17.4 Å². The molecule has 2 aliphatic heterocycles. The number of carbonyl (C=O) groups excluding carboxylic acids is 2. The minimum atomic E-state index is -0.763. The third-order valence-corrected chi connectivity index (χ3v) is 7.03. The summed E-state index contributed by atoms with van der Waals surface area (Å²) in [6.07, 6.45) is 3.69. The number of aliphatic hydroxyl groups excluding tert-OH is 1. The highest BCUT2D eigenvalue weighted by Gasteiger charge is 2.46. The minimum Gasteiger partial charge on any atom is -0.507 e. The van der Waals surface area contributed by atoms with Gasteiger partial charge in [-0.25, -0.2) is 0 Å². The van der Waals surface area contributed by atoms with Crippen LogP contribution in [-0.2, 0) is 16.0 Å². The first-order valence-electron chi connectivity index (χ1n) is 13.5. The van der Waals surface area contributed by atoms with Crippen molar-refractivity contribution in [2.45, 2.75) is 38.6 Å². The summed E-state index contributed by atoms with van der Waals surface area (Å²) < 4.78 is 17.2. The number of benzene rings is 3. The maximum absolute atomic E-state index is 13.4. The Kier molecular flexibility index (Phi) is 8.16. The van der Waals surface area contributed by atoms with Gasteiger partial charge in [-0.15, -0.1) is 0 Å². The monoisotopic (exact) mass is 527 g/mol. The maximum atomic E-state index is 13.4. The molecule has 0 spiro atoms. The van der Waals surface area contributed by atoms with Crippen LogP contribution in [0.2, 0.25) is 0 Å². The van der Waals surface area contributed by atoms with Gasteiger partial charge in [0.15, 0.2) is 11.5 Å². The highest BCUT2D eigenvalue weighted by Crippen LogP contribution is 2.41. The van der Waals surface area contributed by atoms with Crippen LogP contribution in [0.15, 0.2) is 78.4 Å². The van der Waals surface area contributed by atoms with Gasteiger partial charge in [0.2, 0.25) is 0 Å². The second kappa shape index (κ2) is 12.1. The molecule has 3 aromatic carbocycles. The van der Waals surface area contributed by atoms with E-state index in [4.69, 9.17) is 14.2 Å². The summed E-state index contributed by atoms with van der Waals surface area (Å²) in [7, 11) is 0. The Morgan fingerprint density at radius 2 is 1.74 bits per heavy atom. The fourth-order valence-electron chi connectivity index (χ4n) is 5.01. The number of nitrogens with zero attached hydrogens (tertiary/aromatic N) is 1. The molecular formula is C32H33NO6. The molecule has 202 valence electrons. The largest absolute Gasteiger partial charge is 0.507 e. The molecule has 5 rings (SSSR count). The number of ether oxygens (including phenoxy) is 3. The number of fused-ring (bicyclic) bond motifs is 1. The van der Waals surface area contributed by atoms with E-state index in [0.29, 0.717) is 61.2 Å². The Hall–Kier alpha value is -4.26. The topological polar surface area (TPSA) is 85.3 Å². The van der Waals surface area contributed by atoms with E-state index in [1.54, 1.807) is 23.1 Å². The molecule has 0 saturated carbocycles. The van der Waals surface area contributed by atoms with Crippen molar-refractivity contribution in [1.29, 1.82) is 0 Å². The molecule has 0 aromatic heterocycles. The molecule has 0 radical (unpaired) electrons. The molecule has 2 aliphatic rings. The number of unbranched alkanes of at least 4 members (excludes halogenated alkanes) is 2. The Bertz CT molecular complexity index is 1370. The zero-order valence-electron chi connectivity index (χ0n) is 22.1. The van der Waals surface area contributed by atoms with Crippen molar-refractivity contribution in [3.8, 4) is 17.2 Å². The van der Waals surface area contributed by atoms with E-state index in [0.717, 1.165) is 24.8 Å². The molecule has 7 nitrogen and oxygen atoms in total. The van der Waals surface area contributed by atoms with Crippen LogP contribution in [-0.4, -0.2) is 48.1 Å². The van der Waals surface area contributed by atoms with E-state index in [-0.39, 0.29) is 11.3 Å². The third-order valence-electron chi connectivity index (χ3n) is 7.03. The maximum Gasteiger partial charge on any atom is 0.295 e. The number of rotatable bonds is 10. The average Bonchev–Trinajstić information content (AvgIpc) is 3.23. The zero-order chi connectivity index (χ0) is 27.2. The fraction of sp³-hybridized carbons (Fsp3) is 0.312. The molecule has 0 aliphatic carbocycles. The van der Waals surface area contributed by atoms with Gasteiger partial charge in [0.1, 0.15) is 24.7 Å². The van der Waals surface area contributed by atoms with E-state index in [1.807, 2.05) is 54.6 Å². The summed E-state index contributed by atoms with van der Waals surface area (Å²) in [4.78, 5) is 28.4. The van der Waals surface area contributed by atoms with E-state index < -0.39 is 17.7 Å². The van der Waals surface area contributed by atoms with Crippen LogP contribution in [0.4, 0.5) is 0 Å². The lowest BCUT2D eigenvalue weighted by atomic mass is 9.95. The molecule has 2 heterocycles. The Morgan fingerprint density at radius 1 is 0.949 bits per heavy atom. The SMILES string of the molecule is CCCCCOc1cccc(C2/C(=C(/O)c3ccc4c(c3)OCCO4)C(=O)C(=O)N2CCc2ccccc2)c1. The summed E-state index contributed by atoms with van der Waals surface area (Å²) >= 11 is 0. The first kappa shape index (κ1) is 26.4. The van der Waals surface area contributed by atoms with Crippen LogP contribution >= 0.6 is 0 Å². The van der Waals surface area contributed by atoms with Gasteiger partial charge in [0, 0.05) is 12.1 Å². The van der Waals surface area contributed by atoms with Crippen molar-refractivity contribution in [2.75, 3.05) is 26.4 Å². The lowest BCUT2D eigenvalue weighted by Gasteiger charge is -2.26. The molecule has 1 N–H and O–H groups in total. The van der Waals surface area contributed by atoms with Gasteiger partial charge in [0.25, 0.3) is 11.7 Å². The van der Waals surface area contributed by atoms with Gasteiger partial charge in [-0.2, -0.15) is 0 Å². The molecule has 1 amide bonds. The molecule has 3 aromatic rings. The summed E-state index contributed by atoms with van der Waals surface area (Å²) in [5, 5.41) is 11.5. The van der Waals surface area contributed by atoms with E-state index >= 15 is 0 Å². The highest BCUT2D eigenvalue weighted by molar-refractivity contribution is 6.46. The van der Waals surface area contributed by atoms with Crippen LogP contribution in [0.1, 0.15) is 48.9 Å². The lowest BCUT2D eigenvalue weighted by molar-refractivity contribution is -0.139. The van der Waals surface area contributed by atoms with Crippen molar-refractivity contribution in [2.24, 2.45) is 0 Å². The highest BCUT2D eigenvalue weighted by atomic mass is 16.6. The van der Waals surface area contributed by atoms with Gasteiger partial charge in [-0.05, 0) is 54.3 Å². The van der Waals surface area contributed by atoms with Crippen molar-refractivity contribution in [3.63, 3.8) is 0 Å². The number of Topliss-reactive ketones (excluding diaryl/α,β-unsaturated/α-hetero) is 1. The smallest absolute Gasteiger partial charge is 0.295 e. The second-order valence-corrected chi connectivity index (χ2v) is 9.71. The van der Waals surface area contributed by atoms with Gasteiger partial charge in [0.05, 0.1) is 18.2 Å². The molecular weight excluding hydrogens is 494 g/mol. The van der Waals surface area contributed by atoms with Gasteiger partial charge in [-0.1, -0.05) is 62.2 Å². The Labute approximate surface area is 228 Å². The molecule has 0 bridgehead atoms. The van der Waals surface area contributed by atoms with Crippen LogP contribution in [0.5, 0.6) is 17.2 Å². The van der Waals surface area contributed by atoms with E-state index in [1.165, 1.54) is 0 Å². The number of amides is 1. The van der Waals surface area contributed by atoms with Crippen molar-refractivity contribution < 1.29 is 28.9 Å². The normalized spacial score (nSPS) is 17.9. The quantitative estimate of drug-likeness (QED) is 0.158. The fourth-order valence-corrected chi connectivity index (χ4v) is 5.01. The molecule has 1 unspecified atom stereocenters. The minimum absolute atomic E-state index is 0.0490. The van der Waals surface area contributed by atoms with Gasteiger partial charge < -0.3 is 24.2 Å². The van der Waals surface area contributed by atoms with Crippen LogP contribution < -0.4 is 14.2 Å². The summed E-state index contributed by atoms with van der Waals surface area (Å²) in [6, 6.07) is 21.5. The average molecular weight is 528 g/mol. The number of carbonyl (C=O) groups is 2. The first-order valence-corrected chi connectivity index (χ1v) is 13.5. The first-order chi connectivity index (χ1) is 19.1. The predicted octanol–water partition coefficient (Wildman–Crippen LogP) is 5.69. The number of aliphatic hydroxyl groups is 1. The predicted molar refractivity (Wildman–Crippen MR) is 148 cm³/mol. The van der Waals surface area contributed by atoms with E-state index in [9.17, 15) is 14.7 Å². The summed E-state index contributed by atoms with van der Waals surface area (Å²) in [5.74, 6) is 0.135. The van der Waals surface area contributed by atoms with Crippen molar-refractivity contribution in [3.05, 3.63) is 95.1 Å². The zero-order valence-corrected chi connectivity index (χ0v) is 22.1. The Morgan fingerprint density at radius 3 is 2.54 bits per heavy atom. The number of ketones is 1. The summed E-state index contributed by atoms with van der Waals surface area (Å²) in [6.45, 7) is 3.89. The van der Waals surface area contributed by atoms with Gasteiger partial charge in [-0.3, -0.25) is 9.59 Å². The molecule has 7 heteroatoms. The van der Waals surface area contributed by atoms with Crippen LogP contribution in [0, 0.1) is 0 Å². The van der Waals surface area contributed by atoms with Crippen LogP contribution in [0.3, 0.4) is 0 Å². The lowest BCUT2D eigenvalue weighted by Crippen LogP contribution is -2.31. The third kappa shape index (κ3) is 5.77. The standard InChI is InChI=1S/C32H33NO6/c1-2-3-7-17-37-25-12-8-11-23(20-25)29-28(30(34)24-13-14-26-27(21-24)39-19-18-38-26)31(35)32(36)33(29)16-15-22-9-5-4-6-10-22/h4-6,8-14,20-21,29,34H,2-3,7,15-19H2,1H3/b30-28-.